The Morgan fingerprint density at radius 2 is 2.04 bits per heavy atom. The molecule has 0 amide bonds. The van der Waals surface area contributed by atoms with E-state index in [0.29, 0.717) is 19.1 Å². The summed E-state index contributed by atoms with van der Waals surface area (Å²) < 4.78 is 10.7. The zero-order valence-electron chi connectivity index (χ0n) is 17.2. The van der Waals surface area contributed by atoms with Gasteiger partial charge in [0, 0.05) is 59.3 Å². The van der Waals surface area contributed by atoms with Gasteiger partial charge >= 0.3 is 0 Å². The normalized spacial score (nSPS) is 20.0. The second-order valence-corrected chi connectivity index (χ2v) is 7.44. The topological polar surface area (TPSA) is 49.3 Å². The molecular formula is C21H35IN4O2. The van der Waals surface area contributed by atoms with Crippen molar-refractivity contribution in [3.05, 3.63) is 35.4 Å². The molecule has 2 aliphatic rings. The first-order chi connectivity index (χ1) is 13.3. The van der Waals surface area contributed by atoms with E-state index < -0.39 is 0 Å². The van der Waals surface area contributed by atoms with Gasteiger partial charge in [-0.15, -0.1) is 24.0 Å². The maximum absolute atomic E-state index is 5.69. The van der Waals surface area contributed by atoms with Crippen molar-refractivity contribution in [1.82, 2.24) is 15.1 Å². The van der Waals surface area contributed by atoms with Crippen LogP contribution in [0.2, 0.25) is 0 Å². The predicted molar refractivity (Wildman–Crippen MR) is 125 cm³/mol. The van der Waals surface area contributed by atoms with E-state index in [-0.39, 0.29) is 24.0 Å². The fourth-order valence-corrected chi connectivity index (χ4v) is 3.96. The van der Waals surface area contributed by atoms with Gasteiger partial charge in [-0.3, -0.25) is 9.89 Å². The Bertz CT molecular complexity index is 614. The van der Waals surface area contributed by atoms with Gasteiger partial charge in [0.2, 0.25) is 0 Å². The summed E-state index contributed by atoms with van der Waals surface area (Å²) >= 11 is 0. The highest BCUT2D eigenvalue weighted by Crippen LogP contribution is 2.18. The summed E-state index contributed by atoms with van der Waals surface area (Å²) in [4.78, 5) is 9.37. The van der Waals surface area contributed by atoms with E-state index in [4.69, 9.17) is 9.47 Å². The molecule has 6 nitrogen and oxygen atoms in total. The molecule has 158 valence electrons. The molecule has 1 aromatic rings. The molecule has 0 aliphatic carbocycles. The van der Waals surface area contributed by atoms with Crippen LogP contribution in [0, 0.1) is 5.92 Å². The van der Waals surface area contributed by atoms with Gasteiger partial charge in [-0.05, 0) is 24.0 Å². The SMILES string of the molecule is CN=C(NCCN1CCc2ccccc2C1)N1CCC(COCCOC)C1.I. The number of halogens is 1. The molecule has 0 saturated carbocycles. The van der Waals surface area contributed by atoms with Crippen LogP contribution in [0.1, 0.15) is 17.5 Å². The zero-order chi connectivity index (χ0) is 18.9. The summed E-state index contributed by atoms with van der Waals surface area (Å²) in [6.07, 6.45) is 2.32. The third-order valence-electron chi connectivity index (χ3n) is 5.50. The number of hydrogen-bond acceptors (Lipinski definition) is 4. The highest BCUT2D eigenvalue weighted by atomic mass is 127. The van der Waals surface area contributed by atoms with E-state index in [0.717, 1.165) is 64.7 Å². The molecule has 2 aliphatic heterocycles. The van der Waals surface area contributed by atoms with Crippen LogP contribution < -0.4 is 5.32 Å². The van der Waals surface area contributed by atoms with E-state index in [1.807, 2.05) is 7.05 Å². The number of fused-ring (bicyclic) bond motifs is 1. The van der Waals surface area contributed by atoms with E-state index in [1.54, 1.807) is 7.11 Å². The highest BCUT2D eigenvalue weighted by molar-refractivity contribution is 14.0. The van der Waals surface area contributed by atoms with Gasteiger partial charge in [0.25, 0.3) is 0 Å². The van der Waals surface area contributed by atoms with Gasteiger partial charge in [0.05, 0.1) is 19.8 Å². The molecule has 1 fully saturated rings. The molecule has 3 rings (SSSR count). The van der Waals surface area contributed by atoms with E-state index in [9.17, 15) is 0 Å². The number of ether oxygens (including phenoxy) is 2. The summed E-state index contributed by atoms with van der Waals surface area (Å²) in [5.41, 5.74) is 2.98. The summed E-state index contributed by atoms with van der Waals surface area (Å²) in [7, 11) is 3.58. The lowest BCUT2D eigenvalue weighted by Gasteiger charge is -2.29. The molecular weight excluding hydrogens is 467 g/mol. The number of guanidine groups is 1. The maximum atomic E-state index is 5.69. The molecule has 0 radical (unpaired) electrons. The van der Waals surface area contributed by atoms with Crippen LogP contribution in [0.5, 0.6) is 0 Å². The number of hydrogen-bond donors (Lipinski definition) is 1. The number of nitrogens with zero attached hydrogens (tertiary/aromatic N) is 3. The van der Waals surface area contributed by atoms with Gasteiger partial charge in [0.15, 0.2) is 5.96 Å². The van der Waals surface area contributed by atoms with Crippen molar-refractivity contribution in [2.75, 3.05) is 66.7 Å². The van der Waals surface area contributed by atoms with Crippen LogP contribution in [-0.2, 0) is 22.4 Å². The zero-order valence-corrected chi connectivity index (χ0v) is 19.6. The van der Waals surface area contributed by atoms with Gasteiger partial charge < -0.3 is 19.7 Å². The number of rotatable bonds is 8. The highest BCUT2D eigenvalue weighted by Gasteiger charge is 2.25. The van der Waals surface area contributed by atoms with Crippen LogP contribution in [0.4, 0.5) is 0 Å². The van der Waals surface area contributed by atoms with Crippen LogP contribution in [0.3, 0.4) is 0 Å². The lowest BCUT2D eigenvalue weighted by Crippen LogP contribution is -2.44. The Balaban J connectivity index is 0.00000280. The van der Waals surface area contributed by atoms with Gasteiger partial charge in [-0.1, -0.05) is 24.3 Å². The Hall–Kier alpha value is -0.900. The molecule has 1 unspecified atom stereocenters. The van der Waals surface area contributed by atoms with Crippen molar-refractivity contribution in [1.29, 1.82) is 0 Å². The molecule has 28 heavy (non-hydrogen) atoms. The number of methoxy groups -OCH3 is 1. The van der Waals surface area contributed by atoms with Crippen LogP contribution in [-0.4, -0.2) is 82.5 Å². The number of aliphatic imine (C=N–C) groups is 1. The van der Waals surface area contributed by atoms with E-state index in [2.05, 4.69) is 44.4 Å². The molecule has 1 atom stereocenters. The molecule has 1 N–H and O–H groups in total. The number of nitrogens with one attached hydrogen (secondary N) is 1. The minimum Gasteiger partial charge on any atom is -0.382 e. The molecule has 2 heterocycles. The minimum atomic E-state index is 0. The van der Waals surface area contributed by atoms with Crippen molar-refractivity contribution < 1.29 is 9.47 Å². The third-order valence-corrected chi connectivity index (χ3v) is 5.50. The molecule has 0 bridgehead atoms. The van der Waals surface area contributed by atoms with E-state index >= 15 is 0 Å². The average Bonchev–Trinajstić information content (AvgIpc) is 3.17. The summed E-state index contributed by atoms with van der Waals surface area (Å²) in [5.74, 6) is 1.60. The number of benzene rings is 1. The number of likely N-dealkylation sites (tertiary alicyclic amines) is 1. The second kappa shape index (κ2) is 12.6. The molecule has 1 aromatic carbocycles. The quantitative estimate of drug-likeness (QED) is 0.256. The van der Waals surface area contributed by atoms with Gasteiger partial charge in [-0.25, -0.2) is 0 Å². The van der Waals surface area contributed by atoms with Crippen molar-refractivity contribution in [2.24, 2.45) is 10.9 Å². The van der Waals surface area contributed by atoms with Crippen molar-refractivity contribution in [3.63, 3.8) is 0 Å². The Labute approximate surface area is 186 Å². The maximum Gasteiger partial charge on any atom is 0.193 e. The van der Waals surface area contributed by atoms with Gasteiger partial charge in [-0.2, -0.15) is 0 Å². The monoisotopic (exact) mass is 502 g/mol. The van der Waals surface area contributed by atoms with Crippen molar-refractivity contribution in [3.8, 4) is 0 Å². The first-order valence-electron chi connectivity index (χ1n) is 10.1. The predicted octanol–water partition coefficient (Wildman–Crippen LogP) is 2.22. The largest absolute Gasteiger partial charge is 0.382 e. The summed E-state index contributed by atoms with van der Waals surface area (Å²) in [6, 6.07) is 8.81. The lowest BCUT2D eigenvalue weighted by molar-refractivity contribution is 0.0536. The first kappa shape index (κ1) is 23.4. The average molecular weight is 502 g/mol. The van der Waals surface area contributed by atoms with Gasteiger partial charge in [0.1, 0.15) is 0 Å². The van der Waals surface area contributed by atoms with Crippen molar-refractivity contribution >= 4 is 29.9 Å². The molecule has 1 saturated heterocycles. The third kappa shape index (κ3) is 6.86. The smallest absolute Gasteiger partial charge is 0.193 e. The Morgan fingerprint density at radius 1 is 1.21 bits per heavy atom. The molecule has 0 spiro atoms. The Kier molecular flexibility index (Phi) is 10.5. The van der Waals surface area contributed by atoms with Crippen molar-refractivity contribution in [2.45, 2.75) is 19.4 Å². The van der Waals surface area contributed by atoms with Crippen LogP contribution in [0.25, 0.3) is 0 Å². The fourth-order valence-electron chi connectivity index (χ4n) is 3.96. The van der Waals surface area contributed by atoms with E-state index in [1.165, 1.54) is 11.1 Å². The first-order valence-corrected chi connectivity index (χ1v) is 10.1. The fraction of sp³-hybridized carbons (Fsp3) is 0.667. The molecule has 7 heteroatoms. The Morgan fingerprint density at radius 3 is 2.82 bits per heavy atom. The lowest BCUT2D eigenvalue weighted by atomic mass is 10.00. The summed E-state index contributed by atoms with van der Waals surface area (Å²) in [6.45, 7) is 8.40. The van der Waals surface area contributed by atoms with Crippen LogP contribution >= 0.6 is 24.0 Å². The van der Waals surface area contributed by atoms with Crippen LogP contribution in [0.15, 0.2) is 29.3 Å². The minimum absolute atomic E-state index is 0. The standard InChI is InChI=1S/C21H34N4O2.HI/c1-22-21(25-11-7-18(15-25)17-27-14-13-26-2)23-9-12-24-10-8-19-5-3-4-6-20(19)16-24;/h3-6,18H,7-17H2,1-2H3,(H,22,23);1H. The summed E-state index contributed by atoms with van der Waals surface area (Å²) in [5, 5.41) is 3.55. The second-order valence-electron chi connectivity index (χ2n) is 7.44. The molecule has 0 aromatic heterocycles.